The van der Waals surface area contributed by atoms with Crippen molar-refractivity contribution in [2.24, 2.45) is 0 Å². The molecule has 0 saturated carbocycles. The van der Waals surface area contributed by atoms with Gasteiger partial charge in [-0.1, -0.05) is 23.7 Å². The Morgan fingerprint density at radius 3 is 2.21 bits per heavy atom. The maximum Gasteiger partial charge on any atom is 0.270 e. The van der Waals surface area contributed by atoms with E-state index in [-0.39, 0.29) is 67.7 Å². The Labute approximate surface area is 184 Å². The van der Waals surface area contributed by atoms with Gasteiger partial charge in [-0.2, -0.15) is 0 Å². The third-order valence-electron chi connectivity index (χ3n) is 2.79. The molecule has 0 fully saturated rings. The molecule has 0 amide bonds. The summed E-state index contributed by atoms with van der Waals surface area (Å²) in [5.41, 5.74) is -0.485. The Kier molecular flexibility index (Phi) is 7.35. The Hall–Kier alpha value is -1.01. The molecule has 0 unspecified atom stereocenters. The first-order valence-electron chi connectivity index (χ1n) is 5.99. The van der Waals surface area contributed by atoms with Crippen LogP contribution in [0.5, 0.6) is 0 Å². The van der Waals surface area contributed by atoms with Crippen LogP contribution in [0.2, 0.25) is 5.02 Å². The van der Waals surface area contributed by atoms with E-state index >= 15 is 0 Å². The van der Waals surface area contributed by atoms with E-state index < -0.39 is 31.5 Å². The largest absolute Gasteiger partial charge is 0.545 e. The summed E-state index contributed by atoms with van der Waals surface area (Å²) in [6.45, 7) is 0. The number of anilines is 1. The van der Waals surface area contributed by atoms with Crippen molar-refractivity contribution in [3.8, 4) is 0 Å². The molecule has 2 aromatic carbocycles. The van der Waals surface area contributed by atoms with Crippen molar-refractivity contribution in [1.82, 2.24) is 0 Å². The molecular weight excluding hydrogens is 387 g/mol. The molecule has 1 N–H and O–H groups in total. The molecule has 0 saturated heterocycles. The van der Waals surface area contributed by atoms with Gasteiger partial charge in [-0.05, 0) is 23.8 Å². The van der Waals surface area contributed by atoms with Gasteiger partial charge >= 0.3 is 0 Å². The zero-order valence-corrected chi connectivity index (χ0v) is 16.9. The zero-order chi connectivity index (χ0) is 17.2. The van der Waals surface area contributed by atoms with Crippen LogP contribution in [0.15, 0.2) is 47.4 Å². The number of hydrogen-bond donors (Lipinski definition) is 1. The van der Waals surface area contributed by atoms with Crippen molar-refractivity contribution in [2.45, 2.75) is 4.90 Å². The van der Waals surface area contributed by atoms with E-state index in [1.807, 2.05) is 0 Å². The van der Waals surface area contributed by atoms with Crippen LogP contribution >= 0.6 is 11.6 Å². The first-order valence-corrected chi connectivity index (χ1v) is 7.85. The standard InChI is InChI=1S/C13H9ClN2O6S.K/c14-11-6-5-10(16(19)20)7-12(11)23(21,22)15-9-3-1-8(2-4-9)13(17)18;/h1-7,15H,(H,17,18);/p-1. The molecule has 0 heterocycles. The van der Waals surface area contributed by atoms with Crippen LogP contribution in [-0.4, -0.2) is 70.7 Å². The topological polar surface area (TPSA) is 129 Å². The molecule has 24 heavy (non-hydrogen) atoms. The fourth-order valence-corrected chi connectivity index (χ4v) is 3.28. The van der Waals surface area contributed by atoms with E-state index in [0.717, 1.165) is 30.3 Å². The summed E-state index contributed by atoms with van der Waals surface area (Å²) in [4.78, 5) is 20.2. The summed E-state index contributed by atoms with van der Waals surface area (Å²) >= 11 is 5.79. The van der Waals surface area contributed by atoms with Crippen LogP contribution < -0.4 is 9.83 Å². The second kappa shape index (κ2) is 8.38. The molecule has 2 aromatic rings. The van der Waals surface area contributed by atoms with E-state index in [0.29, 0.717) is 0 Å². The minimum atomic E-state index is -4.18. The Balaban J connectivity index is 0.00000288. The molecule has 8 nitrogen and oxygen atoms in total. The summed E-state index contributed by atoms with van der Waals surface area (Å²) in [6.07, 6.45) is 0. The van der Waals surface area contributed by atoms with Gasteiger partial charge < -0.3 is 9.90 Å². The fraction of sp³-hybridized carbons (Fsp3) is 0. The maximum absolute atomic E-state index is 12.3. The second-order valence-electron chi connectivity index (χ2n) is 4.34. The van der Waals surface area contributed by atoms with Gasteiger partial charge in [-0.3, -0.25) is 14.8 Å². The summed E-state index contributed by atoms with van der Waals surface area (Å²) < 4.78 is 26.7. The van der Waals surface area contributed by atoms with Crippen molar-refractivity contribution in [2.75, 3.05) is 4.72 Å². The zero-order valence-electron chi connectivity index (χ0n) is 12.2. The normalized spacial score (nSPS) is 10.5. The van der Waals surface area contributed by atoms with Crippen molar-refractivity contribution in [1.29, 1.82) is 0 Å². The molecule has 2 rings (SSSR count). The van der Waals surface area contributed by atoms with Crippen LogP contribution in [0.3, 0.4) is 0 Å². The fourth-order valence-electron chi connectivity index (χ4n) is 1.70. The minimum absolute atomic E-state index is 0. The molecule has 0 aliphatic carbocycles. The number of carbonyl (C=O) groups is 1. The number of nitrogens with zero attached hydrogens (tertiary/aromatic N) is 1. The number of aromatic carboxylic acids is 1. The number of carboxylic acids is 1. The predicted molar refractivity (Wildman–Crippen MR) is 85.4 cm³/mol. The molecule has 0 aliphatic rings. The maximum atomic E-state index is 12.3. The van der Waals surface area contributed by atoms with Crippen LogP contribution in [0, 0.1) is 10.1 Å². The number of nitrogens with one attached hydrogen (secondary N) is 1. The molecule has 0 aromatic heterocycles. The van der Waals surface area contributed by atoms with Gasteiger partial charge in [0.25, 0.3) is 15.7 Å². The molecule has 0 bridgehead atoms. The molecule has 0 spiro atoms. The second-order valence-corrected chi connectivity index (χ2v) is 6.40. The van der Waals surface area contributed by atoms with Gasteiger partial charge in [0.2, 0.25) is 0 Å². The number of halogens is 1. The Bertz CT molecular complexity index is 886. The predicted octanol–water partition coefficient (Wildman–Crippen LogP) is 1.03. The van der Waals surface area contributed by atoms with E-state index in [1.54, 1.807) is 0 Å². The van der Waals surface area contributed by atoms with Crippen molar-refractivity contribution >= 4 is 90.4 Å². The number of benzene rings is 2. The number of carbonyl (C=O) groups excluding carboxylic acids is 1. The summed E-state index contributed by atoms with van der Waals surface area (Å²) in [5.74, 6) is -1.40. The van der Waals surface area contributed by atoms with Crippen LogP contribution in [0.25, 0.3) is 0 Å². The molecule has 0 aliphatic heterocycles. The first kappa shape index (κ1) is 21.0. The number of rotatable bonds is 5. The van der Waals surface area contributed by atoms with Crippen LogP contribution in [0.1, 0.15) is 10.4 Å². The summed E-state index contributed by atoms with van der Waals surface area (Å²) in [5, 5.41) is 21.2. The van der Waals surface area contributed by atoms with E-state index in [1.165, 1.54) is 12.1 Å². The molecule has 1 radical (unpaired) electrons. The van der Waals surface area contributed by atoms with Crippen molar-refractivity contribution in [3.63, 3.8) is 0 Å². The van der Waals surface area contributed by atoms with Gasteiger partial charge in [0.05, 0.1) is 15.9 Å². The third-order valence-corrected chi connectivity index (χ3v) is 4.65. The molecular formula is C13H8ClKN2O6S-. The van der Waals surface area contributed by atoms with Crippen LogP contribution in [-0.2, 0) is 10.0 Å². The van der Waals surface area contributed by atoms with Gasteiger partial charge in [0.15, 0.2) is 0 Å². The van der Waals surface area contributed by atoms with Gasteiger partial charge in [-0.15, -0.1) is 0 Å². The van der Waals surface area contributed by atoms with E-state index in [2.05, 4.69) is 4.72 Å². The Morgan fingerprint density at radius 1 is 1.12 bits per heavy atom. The monoisotopic (exact) mass is 394 g/mol. The number of sulfonamides is 1. The third kappa shape index (κ3) is 4.99. The van der Waals surface area contributed by atoms with E-state index in [4.69, 9.17) is 11.6 Å². The number of nitro benzene ring substituents is 1. The average molecular weight is 395 g/mol. The quantitative estimate of drug-likeness (QED) is 0.458. The smallest absolute Gasteiger partial charge is 0.270 e. The summed E-state index contributed by atoms with van der Waals surface area (Å²) in [6, 6.07) is 7.76. The van der Waals surface area contributed by atoms with Crippen LogP contribution in [0.4, 0.5) is 11.4 Å². The number of hydrogen-bond acceptors (Lipinski definition) is 6. The van der Waals surface area contributed by atoms with Gasteiger partial charge in [0.1, 0.15) is 4.90 Å². The molecule has 11 heteroatoms. The number of non-ortho nitro benzene ring substituents is 1. The van der Waals surface area contributed by atoms with Gasteiger partial charge in [0, 0.05) is 69.2 Å². The molecule has 121 valence electrons. The van der Waals surface area contributed by atoms with E-state index in [9.17, 15) is 28.4 Å². The first-order chi connectivity index (χ1) is 10.7. The number of carboxylic acid groups (broad SMARTS) is 1. The molecule has 0 atom stereocenters. The van der Waals surface area contributed by atoms with Crippen molar-refractivity contribution in [3.05, 3.63) is 63.2 Å². The average Bonchev–Trinajstić information content (AvgIpc) is 2.47. The summed E-state index contributed by atoms with van der Waals surface area (Å²) in [7, 11) is -4.18. The van der Waals surface area contributed by atoms with Gasteiger partial charge in [-0.25, -0.2) is 8.42 Å². The Morgan fingerprint density at radius 2 is 1.71 bits per heavy atom. The minimum Gasteiger partial charge on any atom is -0.545 e. The number of nitro groups is 1. The van der Waals surface area contributed by atoms with Crippen molar-refractivity contribution < 1.29 is 23.2 Å². The SMILES string of the molecule is O=C([O-])c1ccc(NS(=O)(=O)c2cc([N+](=O)[O-])ccc2Cl)cc1.[K].